The summed E-state index contributed by atoms with van der Waals surface area (Å²) in [5.41, 5.74) is 3.32. The van der Waals surface area contributed by atoms with Crippen molar-refractivity contribution in [3.05, 3.63) is 65.7 Å². The summed E-state index contributed by atoms with van der Waals surface area (Å²) in [4.78, 5) is 11.3. The lowest BCUT2D eigenvalue weighted by Gasteiger charge is -2.11. The lowest BCUT2D eigenvalue weighted by molar-refractivity contribution is -0.140. The van der Waals surface area contributed by atoms with Crippen molar-refractivity contribution in [2.75, 3.05) is 21.3 Å². The molecule has 4 nitrogen and oxygen atoms in total. The Morgan fingerprint density at radius 3 is 1.72 bits per heavy atom. The fourth-order valence-corrected chi connectivity index (χ4v) is 2.54. The standard InChI is InChI=1S/C21H24O4/c1-23-18-12-8-16(9-13-18)20(6-4-5-7-21(22)25-3)17-10-14-19(24-2)15-11-17/h6,8-15H,4-5,7H2,1-3H3. The van der Waals surface area contributed by atoms with Gasteiger partial charge in [-0.2, -0.15) is 0 Å². The molecule has 132 valence electrons. The van der Waals surface area contributed by atoms with E-state index in [-0.39, 0.29) is 5.97 Å². The topological polar surface area (TPSA) is 44.8 Å². The Balaban J connectivity index is 2.24. The van der Waals surface area contributed by atoms with Crippen LogP contribution < -0.4 is 9.47 Å². The van der Waals surface area contributed by atoms with Gasteiger partial charge in [0.25, 0.3) is 0 Å². The zero-order chi connectivity index (χ0) is 18.1. The fourth-order valence-electron chi connectivity index (χ4n) is 2.54. The van der Waals surface area contributed by atoms with Gasteiger partial charge in [0.05, 0.1) is 21.3 Å². The van der Waals surface area contributed by atoms with Crippen molar-refractivity contribution in [1.29, 1.82) is 0 Å². The molecule has 0 saturated carbocycles. The quantitative estimate of drug-likeness (QED) is 0.525. The van der Waals surface area contributed by atoms with Gasteiger partial charge in [0.1, 0.15) is 11.5 Å². The Labute approximate surface area is 149 Å². The summed E-state index contributed by atoms with van der Waals surface area (Å²) in [5.74, 6) is 1.47. The van der Waals surface area contributed by atoms with Crippen LogP contribution in [0.1, 0.15) is 30.4 Å². The van der Waals surface area contributed by atoms with Crippen LogP contribution in [0.5, 0.6) is 11.5 Å². The normalized spacial score (nSPS) is 10.0. The van der Waals surface area contributed by atoms with Crippen molar-refractivity contribution in [3.8, 4) is 11.5 Å². The average molecular weight is 340 g/mol. The minimum absolute atomic E-state index is 0.177. The number of esters is 1. The molecule has 0 aromatic heterocycles. The fraction of sp³-hybridized carbons (Fsp3) is 0.286. The van der Waals surface area contributed by atoms with Crippen molar-refractivity contribution in [1.82, 2.24) is 0 Å². The first kappa shape index (κ1) is 18.6. The molecule has 0 bridgehead atoms. The molecule has 0 aliphatic carbocycles. The molecule has 0 fully saturated rings. The maximum absolute atomic E-state index is 11.3. The number of carbonyl (C=O) groups excluding carboxylic acids is 1. The number of hydrogen-bond acceptors (Lipinski definition) is 4. The van der Waals surface area contributed by atoms with Crippen molar-refractivity contribution in [2.24, 2.45) is 0 Å². The van der Waals surface area contributed by atoms with E-state index in [4.69, 9.17) is 14.2 Å². The number of benzene rings is 2. The van der Waals surface area contributed by atoms with Gasteiger partial charge >= 0.3 is 5.97 Å². The Hall–Kier alpha value is -2.75. The predicted octanol–water partition coefficient (Wildman–Crippen LogP) is 4.48. The molecule has 0 aliphatic rings. The van der Waals surface area contributed by atoms with Gasteiger partial charge in [0.15, 0.2) is 0 Å². The van der Waals surface area contributed by atoms with Gasteiger partial charge in [-0.05, 0) is 53.8 Å². The van der Waals surface area contributed by atoms with Crippen molar-refractivity contribution in [3.63, 3.8) is 0 Å². The molecule has 0 spiro atoms. The maximum atomic E-state index is 11.3. The first-order valence-corrected chi connectivity index (χ1v) is 8.23. The zero-order valence-corrected chi connectivity index (χ0v) is 15.0. The largest absolute Gasteiger partial charge is 0.497 e. The SMILES string of the molecule is COC(=O)CCCC=C(c1ccc(OC)cc1)c1ccc(OC)cc1. The highest BCUT2D eigenvalue weighted by atomic mass is 16.5. The van der Waals surface area contributed by atoms with E-state index in [1.54, 1.807) is 14.2 Å². The minimum atomic E-state index is -0.177. The third kappa shape index (κ3) is 5.38. The molecule has 0 atom stereocenters. The minimum Gasteiger partial charge on any atom is -0.497 e. The second-order valence-corrected chi connectivity index (χ2v) is 5.54. The van der Waals surface area contributed by atoms with E-state index in [9.17, 15) is 4.79 Å². The highest BCUT2D eigenvalue weighted by molar-refractivity contribution is 5.80. The van der Waals surface area contributed by atoms with Crippen LogP contribution in [-0.2, 0) is 9.53 Å². The molecule has 25 heavy (non-hydrogen) atoms. The number of carbonyl (C=O) groups is 1. The van der Waals surface area contributed by atoms with Crippen LogP contribution in [0, 0.1) is 0 Å². The lowest BCUT2D eigenvalue weighted by Crippen LogP contribution is -1.99. The molecule has 0 saturated heterocycles. The monoisotopic (exact) mass is 340 g/mol. The molecule has 0 heterocycles. The third-order valence-electron chi connectivity index (χ3n) is 3.96. The first-order chi connectivity index (χ1) is 12.2. The van der Waals surface area contributed by atoms with E-state index in [2.05, 4.69) is 6.08 Å². The van der Waals surface area contributed by atoms with Crippen LogP contribution in [0.15, 0.2) is 54.6 Å². The highest BCUT2D eigenvalue weighted by Crippen LogP contribution is 2.27. The van der Waals surface area contributed by atoms with Gasteiger partial charge in [-0.25, -0.2) is 0 Å². The van der Waals surface area contributed by atoms with E-state index in [0.717, 1.165) is 41.0 Å². The number of allylic oxidation sites excluding steroid dienone is 1. The number of unbranched alkanes of at least 4 members (excludes halogenated alkanes) is 1. The van der Waals surface area contributed by atoms with Gasteiger partial charge in [-0.1, -0.05) is 30.3 Å². The molecule has 0 N–H and O–H groups in total. The van der Waals surface area contributed by atoms with Crippen molar-refractivity contribution >= 4 is 11.5 Å². The molecular formula is C21H24O4. The Kier molecular flexibility index (Phi) is 7.08. The van der Waals surface area contributed by atoms with Crippen LogP contribution >= 0.6 is 0 Å². The van der Waals surface area contributed by atoms with Gasteiger partial charge in [-0.15, -0.1) is 0 Å². The van der Waals surface area contributed by atoms with Crippen molar-refractivity contribution in [2.45, 2.75) is 19.3 Å². The smallest absolute Gasteiger partial charge is 0.305 e. The number of rotatable bonds is 8. The maximum Gasteiger partial charge on any atom is 0.305 e. The second kappa shape index (κ2) is 9.52. The predicted molar refractivity (Wildman–Crippen MR) is 98.9 cm³/mol. The molecule has 0 unspecified atom stereocenters. The summed E-state index contributed by atoms with van der Waals surface area (Å²) >= 11 is 0. The number of hydrogen-bond donors (Lipinski definition) is 0. The van der Waals surface area contributed by atoms with Crippen molar-refractivity contribution < 1.29 is 19.0 Å². The molecule has 2 aromatic carbocycles. The summed E-state index contributed by atoms with van der Waals surface area (Å²) in [7, 11) is 4.72. The summed E-state index contributed by atoms with van der Waals surface area (Å²) < 4.78 is 15.2. The lowest BCUT2D eigenvalue weighted by atomic mass is 9.96. The Bertz CT molecular complexity index is 650. The Morgan fingerprint density at radius 1 is 0.840 bits per heavy atom. The second-order valence-electron chi connectivity index (χ2n) is 5.54. The summed E-state index contributed by atoms with van der Waals surface area (Å²) in [6.07, 6.45) is 4.13. The average Bonchev–Trinajstić information content (AvgIpc) is 2.68. The van der Waals surface area contributed by atoms with E-state index >= 15 is 0 Å². The van der Waals surface area contributed by atoms with Gasteiger partial charge in [0, 0.05) is 6.42 Å². The Morgan fingerprint density at radius 2 is 1.32 bits per heavy atom. The summed E-state index contributed by atoms with van der Waals surface area (Å²) in [6.45, 7) is 0. The van der Waals surface area contributed by atoms with Crippen LogP contribution in [0.4, 0.5) is 0 Å². The summed E-state index contributed by atoms with van der Waals surface area (Å²) in [6, 6.07) is 15.9. The van der Waals surface area contributed by atoms with Gasteiger partial charge < -0.3 is 14.2 Å². The highest BCUT2D eigenvalue weighted by Gasteiger charge is 2.07. The van der Waals surface area contributed by atoms with E-state index < -0.39 is 0 Å². The van der Waals surface area contributed by atoms with E-state index in [0.29, 0.717) is 6.42 Å². The third-order valence-corrected chi connectivity index (χ3v) is 3.96. The zero-order valence-electron chi connectivity index (χ0n) is 15.0. The number of methoxy groups -OCH3 is 3. The molecule has 2 aromatic rings. The van der Waals surface area contributed by atoms with E-state index in [1.807, 2.05) is 48.5 Å². The van der Waals surface area contributed by atoms with Gasteiger partial charge in [-0.3, -0.25) is 4.79 Å². The first-order valence-electron chi connectivity index (χ1n) is 8.23. The van der Waals surface area contributed by atoms with Crippen LogP contribution in [0.2, 0.25) is 0 Å². The molecule has 0 radical (unpaired) electrons. The number of ether oxygens (including phenoxy) is 3. The molecular weight excluding hydrogens is 316 g/mol. The molecule has 0 aliphatic heterocycles. The van der Waals surface area contributed by atoms with Crippen LogP contribution in [-0.4, -0.2) is 27.3 Å². The molecule has 0 amide bonds. The van der Waals surface area contributed by atoms with E-state index in [1.165, 1.54) is 7.11 Å². The van der Waals surface area contributed by atoms with Gasteiger partial charge in [0.2, 0.25) is 0 Å². The van der Waals surface area contributed by atoms with Crippen LogP contribution in [0.3, 0.4) is 0 Å². The van der Waals surface area contributed by atoms with Crippen LogP contribution in [0.25, 0.3) is 5.57 Å². The molecule has 2 rings (SSSR count). The molecule has 4 heteroatoms. The summed E-state index contributed by atoms with van der Waals surface area (Å²) in [5, 5.41) is 0.